The third kappa shape index (κ3) is 9.73. The molecule has 0 spiro atoms. The van der Waals surface area contributed by atoms with Crippen LogP contribution >= 0.6 is 22.6 Å². The Kier molecular flexibility index (Phi) is 11.0. The maximum atomic E-state index is 10.5. The fourth-order valence-corrected chi connectivity index (χ4v) is 3.04. The molecule has 2 aromatic heterocycles. The summed E-state index contributed by atoms with van der Waals surface area (Å²) in [6.45, 7) is 0. The van der Waals surface area contributed by atoms with Gasteiger partial charge in [-0.1, -0.05) is 6.07 Å². The SMILES string of the molecule is N#Cc1cc[n+](-c2cccc(I)c2-[n+]2ccc(C#N)cc2)cc1.O=C([O-])C(F)(F)F.O=C([O-])C(F)(F)F. The summed E-state index contributed by atoms with van der Waals surface area (Å²) in [5, 5.41) is 35.4. The van der Waals surface area contributed by atoms with Crippen LogP contribution in [0.5, 0.6) is 0 Å². The first-order chi connectivity index (χ1) is 17.1. The fraction of sp³-hybridized carbons (Fsp3) is 0.0909. The molecule has 15 heteroatoms. The number of carboxylic acids is 2. The van der Waals surface area contributed by atoms with Crippen LogP contribution < -0.4 is 19.3 Å². The van der Waals surface area contributed by atoms with Gasteiger partial charge in [-0.15, -0.1) is 0 Å². The molecule has 0 aliphatic carbocycles. The third-order valence-corrected chi connectivity index (χ3v) is 4.75. The van der Waals surface area contributed by atoms with E-state index < -0.39 is 24.3 Å². The molecule has 0 amide bonds. The minimum atomic E-state index is -5.19. The zero-order valence-corrected chi connectivity index (χ0v) is 20.1. The lowest BCUT2D eigenvalue weighted by atomic mass is 10.2. The van der Waals surface area contributed by atoms with E-state index in [-0.39, 0.29) is 0 Å². The quantitative estimate of drug-likeness (QED) is 0.236. The van der Waals surface area contributed by atoms with Gasteiger partial charge in [-0.3, -0.25) is 0 Å². The molecule has 0 bridgehead atoms. The molecule has 192 valence electrons. The molecule has 0 radical (unpaired) electrons. The van der Waals surface area contributed by atoms with Crippen LogP contribution in [-0.2, 0) is 9.59 Å². The Bertz CT molecular complexity index is 1310. The van der Waals surface area contributed by atoms with Crippen LogP contribution in [0, 0.1) is 26.2 Å². The van der Waals surface area contributed by atoms with Gasteiger partial charge in [-0.25, -0.2) is 0 Å². The second-order valence-electron chi connectivity index (χ2n) is 6.39. The number of para-hydroxylation sites is 1. The summed E-state index contributed by atoms with van der Waals surface area (Å²) < 4.78 is 68.2. The Morgan fingerprint density at radius 2 is 1.08 bits per heavy atom. The first-order valence-corrected chi connectivity index (χ1v) is 10.4. The second-order valence-corrected chi connectivity index (χ2v) is 7.55. The predicted octanol–water partition coefficient (Wildman–Crippen LogP) is 1.19. The van der Waals surface area contributed by atoms with Gasteiger partial charge in [0.15, 0.2) is 24.8 Å². The molecular weight excluding hydrogens is 625 g/mol. The van der Waals surface area contributed by atoms with Crippen molar-refractivity contribution in [2.45, 2.75) is 12.4 Å². The van der Waals surface area contributed by atoms with Gasteiger partial charge in [-0.2, -0.15) is 46.0 Å². The van der Waals surface area contributed by atoms with Gasteiger partial charge in [0.1, 0.15) is 11.9 Å². The molecule has 3 rings (SSSR count). The summed E-state index contributed by atoms with van der Waals surface area (Å²) in [4.78, 5) is 17.6. The second kappa shape index (κ2) is 13.2. The molecule has 3 aromatic rings. The number of hydrogen-bond acceptors (Lipinski definition) is 6. The predicted molar refractivity (Wildman–Crippen MR) is 114 cm³/mol. The van der Waals surface area contributed by atoms with Gasteiger partial charge in [0, 0.05) is 30.3 Å². The van der Waals surface area contributed by atoms with Gasteiger partial charge in [-0.05, 0) is 28.7 Å². The van der Waals surface area contributed by atoms with Crippen LogP contribution in [0.1, 0.15) is 11.1 Å². The minimum Gasteiger partial charge on any atom is -0.542 e. The van der Waals surface area contributed by atoms with Crippen LogP contribution in [0.15, 0.2) is 67.3 Å². The normalized spacial score (nSPS) is 10.4. The highest BCUT2D eigenvalue weighted by molar-refractivity contribution is 14.1. The van der Waals surface area contributed by atoms with E-state index in [9.17, 15) is 26.3 Å². The average Bonchev–Trinajstić information content (AvgIpc) is 2.83. The highest BCUT2D eigenvalue weighted by atomic mass is 127. The number of hydrogen-bond donors (Lipinski definition) is 0. The number of carbonyl (C=O) groups excluding carboxylic acids is 2. The highest BCUT2D eigenvalue weighted by Gasteiger charge is 2.29. The van der Waals surface area contributed by atoms with Crippen molar-refractivity contribution >= 4 is 34.5 Å². The van der Waals surface area contributed by atoms with Crippen LogP contribution in [0.25, 0.3) is 11.4 Å². The zero-order valence-electron chi connectivity index (χ0n) is 17.9. The smallest absolute Gasteiger partial charge is 0.430 e. The Balaban J connectivity index is 0.000000404. The molecule has 0 saturated heterocycles. The fourth-order valence-electron chi connectivity index (χ4n) is 2.28. The number of carboxylic acid groups (broad SMARTS) is 2. The van der Waals surface area contributed by atoms with Gasteiger partial charge >= 0.3 is 12.4 Å². The lowest BCUT2D eigenvalue weighted by Crippen LogP contribution is -2.39. The molecule has 0 aliphatic rings. The number of carbonyl (C=O) groups is 2. The number of alkyl halides is 6. The Morgan fingerprint density at radius 3 is 1.41 bits per heavy atom. The molecule has 0 atom stereocenters. The molecule has 0 fully saturated rings. The Hall–Kier alpha value is -4.25. The maximum Gasteiger partial charge on any atom is 0.430 e. The van der Waals surface area contributed by atoms with Crippen molar-refractivity contribution in [1.29, 1.82) is 10.5 Å². The molecule has 8 nitrogen and oxygen atoms in total. The minimum absolute atomic E-state index is 0.624. The van der Waals surface area contributed by atoms with E-state index in [4.69, 9.17) is 30.3 Å². The number of rotatable bonds is 2. The Morgan fingerprint density at radius 1 is 0.730 bits per heavy atom. The van der Waals surface area contributed by atoms with Crippen molar-refractivity contribution in [2.75, 3.05) is 0 Å². The van der Waals surface area contributed by atoms with Crippen LogP contribution in [0.3, 0.4) is 0 Å². The van der Waals surface area contributed by atoms with Crippen molar-refractivity contribution in [2.24, 2.45) is 0 Å². The van der Waals surface area contributed by atoms with Gasteiger partial charge < -0.3 is 19.8 Å². The summed E-state index contributed by atoms with van der Waals surface area (Å²) in [5.74, 6) is -6.01. The average molecular weight is 636 g/mol. The van der Waals surface area contributed by atoms with Gasteiger partial charge in [0.25, 0.3) is 11.4 Å². The lowest BCUT2D eigenvalue weighted by molar-refractivity contribution is -0.633. The van der Waals surface area contributed by atoms with Crippen molar-refractivity contribution < 1.29 is 55.3 Å². The molecule has 1 aromatic carbocycles. The van der Waals surface area contributed by atoms with Crippen molar-refractivity contribution in [1.82, 2.24) is 0 Å². The van der Waals surface area contributed by atoms with E-state index in [1.54, 1.807) is 24.3 Å². The summed E-state index contributed by atoms with van der Waals surface area (Å²) >= 11 is 2.30. The van der Waals surface area contributed by atoms with E-state index in [1.807, 2.05) is 52.1 Å². The molecule has 0 unspecified atom stereocenters. The first-order valence-electron chi connectivity index (χ1n) is 9.30. The maximum absolute atomic E-state index is 10.5. The van der Waals surface area contributed by atoms with E-state index >= 15 is 0 Å². The standard InChI is InChI=1S/C18H11IN4.2C2HF3O2/c19-16-2-1-3-17(22-8-4-14(12-20)5-9-22)18(16)23-10-6-15(13-21)7-11-23;2*3-2(4,5)1(6)7/h1-11H;2*(H,6,7)/q+2;;/p-2. The van der Waals surface area contributed by atoms with Crippen LogP contribution in [-0.4, -0.2) is 24.3 Å². The monoisotopic (exact) mass is 636 g/mol. The largest absolute Gasteiger partial charge is 0.542 e. The molecular formula is C22H11F6IN4O4. The van der Waals surface area contributed by atoms with Crippen molar-refractivity contribution in [3.63, 3.8) is 0 Å². The number of nitriles is 2. The summed E-state index contributed by atoms with van der Waals surface area (Å²) in [6.07, 6.45) is -2.89. The number of benzene rings is 1. The molecule has 0 saturated carbocycles. The topological polar surface area (TPSA) is 136 Å². The molecule has 0 N–H and O–H groups in total. The van der Waals surface area contributed by atoms with E-state index in [0.29, 0.717) is 11.1 Å². The summed E-state index contributed by atoms with van der Waals surface area (Å²) in [5.41, 5.74) is 3.27. The van der Waals surface area contributed by atoms with Crippen LogP contribution in [0.2, 0.25) is 0 Å². The molecule has 37 heavy (non-hydrogen) atoms. The highest BCUT2D eigenvalue weighted by Crippen LogP contribution is 2.17. The zero-order chi connectivity index (χ0) is 28.4. The van der Waals surface area contributed by atoms with Crippen molar-refractivity contribution in [3.05, 3.63) is 81.9 Å². The number of pyridine rings is 2. The lowest BCUT2D eigenvalue weighted by Gasteiger charge is -2.03. The van der Waals surface area contributed by atoms with Gasteiger partial charge in [0.05, 0.1) is 26.8 Å². The third-order valence-electron chi connectivity index (χ3n) is 3.88. The van der Waals surface area contributed by atoms with E-state index in [0.717, 1.165) is 14.9 Å². The van der Waals surface area contributed by atoms with Gasteiger partial charge in [0.2, 0.25) is 0 Å². The number of aliphatic carboxylic acids is 2. The van der Waals surface area contributed by atoms with Crippen LogP contribution in [0.4, 0.5) is 26.3 Å². The first kappa shape index (κ1) is 30.8. The van der Waals surface area contributed by atoms with E-state index in [2.05, 4.69) is 34.7 Å². The Labute approximate surface area is 218 Å². The molecule has 2 heterocycles. The number of nitrogens with zero attached hydrogens (tertiary/aromatic N) is 4. The molecule has 0 aliphatic heterocycles. The number of halogens is 7. The number of aromatic nitrogens is 2. The summed E-state index contributed by atoms with van der Waals surface area (Å²) in [7, 11) is 0. The summed E-state index contributed by atoms with van der Waals surface area (Å²) in [6, 6.07) is 17.5. The van der Waals surface area contributed by atoms with Crippen molar-refractivity contribution in [3.8, 4) is 23.5 Å². The van der Waals surface area contributed by atoms with E-state index in [1.165, 1.54) is 0 Å².